The molecule has 1 aliphatic heterocycles. The zero-order valence-corrected chi connectivity index (χ0v) is 13.6. The fraction of sp³-hybridized carbons (Fsp3) is 0.611. The third kappa shape index (κ3) is 3.13. The van der Waals surface area contributed by atoms with Gasteiger partial charge in [-0.25, -0.2) is 0 Å². The van der Waals surface area contributed by atoms with Crippen molar-refractivity contribution in [2.24, 2.45) is 5.41 Å². The Morgan fingerprint density at radius 3 is 2.43 bits per heavy atom. The topological polar surface area (TPSA) is 40.5 Å². The second-order valence-corrected chi connectivity index (χ2v) is 6.51. The number of aliphatic carboxylic acids is 1. The van der Waals surface area contributed by atoms with Gasteiger partial charge in [0.25, 0.3) is 0 Å². The van der Waals surface area contributed by atoms with E-state index in [1.165, 1.54) is 16.7 Å². The van der Waals surface area contributed by atoms with Gasteiger partial charge in [-0.3, -0.25) is 9.69 Å². The summed E-state index contributed by atoms with van der Waals surface area (Å²) in [6, 6.07) is 6.96. The summed E-state index contributed by atoms with van der Waals surface area (Å²) in [5.74, 6) is -0.621. The van der Waals surface area contributed by atoms with Crippen molar-refractivity contribution in [3.8, 4) is 0 Å². The van der Waals surface area contributed by atoms with Crippen molar-refractivity contribution >= 4 is 5.97 Å². The predicted octanol–water partition coefficient (Wildman–Crippen LogP) is 3.94. The van der Waals surface area contributed by atoms with E-state index < -0.39 is 11.4 Å². The molecule has 0 saturated carbocycles. The summed E-state index contributed by atoms with van der Waals surface area (Å²) in [6.07, 6.45) is 2.25. The number of rotatable bonds is 4. The van der Waals surface area contributed by atoms with Crippen LogP contribution in [0, 0.1) is 19.3 Å². The molecule has 1 aliphatic rings. The van der Waals surface area contributed by atoms with E-state index in [-0.39, 0.29) is 0 Å². The van der Waals surface area contributed by atoms with Crippen LogP contribution in [-0.4, -0.2) is 29.1 Å². The Bertz CT molecular complexity index is 516. The highest BCUT2D eigenvalue weighted by molar-refractivity contribution is 5.74. The van der Waals surface area contributed by atoms with Gasteiger partial charge in [-0.05, 0) is 64.3 Å². The summed E-state index contributed by atoms with van der Waals surface area (Å²) in [6.45, 7) is 10.2. The van der Waals surface area contributed by atoms with Crippen LogP contribution in [0.1, 0.15) is 55.8 Å². The van der Waals surface area contributed by atoms with E-state index in [2.05, 4.69) is 43.9 Å². The Kier molecular flexibility index (Phi) is 4.72. The van der Waals surface area contributed by atoms with E-state index in [9.17, 15) is 9.90 Å². The van der Waals surface area contributed by atoms with Gasteiger partial charge < -0.3 is 5.11 Å². The van der Waals surface area contributed by atoms with E-state index in [1.54, 1.807) is 0 Å². The molecule has 1 atom stereocenters. The fourth-order valence-electron chi connectivity index (χ4n) is 3.55. The highest BCUT2D eigenvalue weighted by atomic mass is 16.4. The average Bonchev–Trinajstić information content (AvgIpc) is 2.46. The Morgan fingerprint density at radius 2 is 1.95 bits per heavy atom. The monoisotopic (exact) mass is 289 g/mol. The number of hydrogen-bond acceptors (Lipinski definition) is 2. The quantitative estimate of drug-likeness (QED) is 0.912. The smallest absolute Gasteiger partial charge is 0.309 e. The molecule has 0 radical (unpaired) electrons. The van der Waals surface area contributed by atoms with Gasteiger partial charge in [-0.1, -0.05) is 30.7 Å². The number of carbonyl (C=O) groups is 1. The van der Waals surface area contributed by atoms with Crippen LogP contribution in [0.4, 0.5) is 0 Å². The third-order valence-corrected chi connectivity index (χ3v) is 5.31. The van der Waals surface area contributed by atoms with E-state index >= 15 is 0 Å². The van der Waals surface area contributed by atoms with Gasteiger partial charge in [0.15, 0.2) is 0 Å². The van der Waals surface area contributed by atoms with E-state index in [1.807, 2.05) is 6.92 Å². The highest BCUT2D eigenvalue weighted by Gasteiger charge is 2.40. The van der Waals surface area contributed by atoms with Crippen LogP contribution in [0.3, 0.4) is 0 Å². The second-order valence-electron chi connectivity index (χ2n) is 6.51. The number of hydrogen-bond donors (Lipinski definition) is 1. The SMILES string of the molecule is CCC1(C(=O)O)CCN(C(C)c2ccc(C)cc2C)CC1. The van der Waals surface area contributed by atoms with Crippen molar-refractivity contribution in [2.75, 3.05) is 13.1 Å². The summed E-state index contributed by atoms with van der Waals surface area (Å²) in [4.78, 5) is 14.0. The molecule has 116 valence electrons. The second kappa shape index (κ2) is 6.18. The number of likely N-dealkylation sites (tertiary alicyclic amines) is 1. The summed E-state index contributed by atoms with van der Waals surface area (Å²) in [5.41, 5.74) is 3.48. The minimum Gasteiger partial charge on any atom is -0.481 e. The first-order valence-corrected chi connectivity index (χ1v) is 7.94. The van der Waals surface area contributed by atoms with E-state index in [0.717, 1.165) is 32.4 Å². The van der Waals surface area contributed by atoms with Crippen molar-refractivity contribution in [1.82, 2.24) is 4.90 Å². The van der Waals surface area contributed by atoms with Crippen molar-refractivity contribution in [3.63, 3.8) is 0 Å². The summed E-state index contributed by atoms with van der Waals surface area (Å²) in [5, 5.41) is 9.49. The average molecular weight is 289 g/mol. The van der Waals surface area contributed by atoms with Crippen LogP contribution >= 0.6 is 0 Å². The Morgan fingerprint density at radius 1 is 1.33 bits per heavy atom. The number of aryl methyl sites for hydroxylation is 2. The molecule has 1 N–H and O–H groups in total. The molecule has 3 nitrogen and oxygen atoms in total. The fourth-order valence-corrected chi connectivity index (χ4v) is 3.55. The maximum absolute atomic E-state index is 11.5. The Labute approximate surface area is 128 Å². The van der Waals surface area contributed by atoms with Gasteiger partial charge in [0, 0.05) is 6.04 Å². The Balaban J connectivity index is 2.09. The van der Waals surface area contributed by atoms with Gasteiger partial charge in [0.1, 0.15) is 0 Å². The lowest BCUT2D eigenvalue weighted by Gasteiger charge is -2.41. The molecule has 1 unspecified atom stereocenters. The highest BCUT2D eigenvalue weighted by Crippen LogP contribution is 2.38. The van der Waals surface area contributed by atoms with Crippen LogP contribution < -0.4 is 0 Å². The van der Waals surface area contributed by atoms with E-state index in [4.69, 9.17) is 0 Å². The number of benzene rings is 1. The zero-order valence-electron chi connectivity index (χ0n) is 13.6. The largest absolute Gasteiger partial charge is 0.481 e. The van der Waals surface area contributed by atoms with Gasteiger partial charge in [-0.2, -0.15) is 0 Å². The molecule has 1 aromatic carbocycles. The van der Waals surface area contributed by atoms with Crippen LogP contribution in [0.15, 0.2) is 18.2 Å². The van der Waals surface area contributed by atoms with Crippen LogP contribution in [0.2, 0.25) is 0 Å². The molecule has 2 rings (SSSR count). The predicted molar refractivity (Wildman–Crippen MR) is 85.5 cm³/mol. The number of nitrogens with zero attached hydrogens (tertiary/aromatic N) is 1. The van der Waals surface area contributed by atoms with Crippen LogP contribution in [0.5, 0.6) is 0 Å². The lowest BCUT2D eigenvalue weighted by Crippen LogP contribution is -2.44. The normalized spacial score (nSPS) is 20.2. The van der Waals surface area contributed by atoms with Crippen LogP contribution in [-0.2, 0) is 4.79 Å². The number of carboxylic acid groups (broad SMARTS) is 1. The van der Waals surface area contributed by atoms with E-state index in [0.29, 0.717) is 6.04 Å². The van der Waals surface area contributed by atoms with Crippen LogP contribution in [0.25, 0.3) is 0 Å². The molecule has 21 heavy (non-hydrogen) atoms. The molecular weight excluding hydrogens is 262 g/mol. The van der Waals surface area contributed by atoms with Gasteiger partial charge in [-0.15, -0.1) is 0 Å². The van der Waals surface area contributed by atoms with Gasteiger partial charge in [0.05, 0.1) is 5.41 Å². The minimum atomic E-state index is -0.621. The molecule has 0 amide bonds. The molecule has 1 fully saturated rings. The molecule has 1 heterocycles. The van der Waals surface area contributed by atoms with Crippen molar-refractivity contribution in [1.29, 1.82) is 0 Å². The molecule has 0 aromatic heterocycles. The van der Waals surface area contributed by atoms with Crippen molar-refractivity contribution < 1.29 is 9.90 Å². The third-order valence-electron chi connectivity index (χ3n) is 5.31. The first-order valence-electron chi connectivity index (χ1n) is 7.94. The molecule has 1 aromatic rings. The van der Waals surface area contributed by atoms with Crippen molar-refractivity contribution in [3.05, 3.63) is 34.9 Å². The molecular formula is C18H27NO2. The standard InChI is InChI=1S/C18H27NO2/c1-5-18(17(20)21)8-10-19(11-9-18)15(4)16-7-6-13(2)12-14(16)3/h6-7,12,15H,5,8-11H2,1-4H3,(H,20,21). The van der Waals surface area contributed by atoms with Gasteiger partial charge in [0.2, 0.25) is 0 Å². The van der Waals surface area contributed by atoms with Gasteiger partial charge >= 0.3 is 5.97 Å². The molecule has 0 aliphatic carbocycles. The first-order chi connectivity index (χ1) is 9.89. The summed E-state index contributed by atoms with van der Waals surface area (Å²) < 4.78 is 0. The summed E-state index contributed by atoms with van der Waals surface area (Å²) >= 11 is 0. The Hall–Kier alpha value is -1.35. The summed E-state index contributed by atoms with van der Waals surface area (Å²) in [7, 11) is 0. The lowest BCUT2D eigenvalue weighted by atomic mass is 9.76. The number of piperidine rings is 1. The zero-order chi connectivity index (χ0) is 15.6. The van der Waals surface area contributed by atoms with Crippen molar-refractivity contribution in [2.45, 2.75) is 53.0 Å². The minimum absolute atomic E-state index is 0.356. The molecule has 3 heteroatoms. The molecule has 1 saturated heterocycles. The number of carboxylic acids is 1. The lowest BCUT2D eigenvalue weighted by molar-refractivity contribution is -0.152. The maximum atomic E-state index is 11.5. The first kappa shape index (κ1) is 16.0. The molecule has 0 spiro atoms. The maximum Gasteiger partial charge on any atom is 0.309 e. The molecule has 0 bridgehead atoms.